The summed E-state index contributed by atoms with van der Waals surface area (Å²) in [6, 6.07) is 1.11. The lowest BCUT2D eigenvalue weighted by atomic mass is 10.0. The van der Waals surface area contributed by atoms with Crippen LogP contribution in [-0.4, -0.2) is 65.5 Å². The second-order valence-electron chi connectivity index (χ2n) is 6.99. The predicted octanol–water partition coefficient (Wildman–Crippen LogP) is -1.59. The van der Waals surface area contributed by atoms with Crippen molar-refractivity contribution >= 4 is 23.7 Å². The number of carbonyl (C=O) groups is 3. The Morgan fingerprint density at radius 1 is 1.19 bits per heavy atom. The Hall–Kier alpha value is -3.19. The van der Waals surface area contributed by atoms with Crippen molar-refractivity contribution in [2.45, 2.75) is 51.7 Å². The van der Waals surface area contributed by atoms with Crippen LogP contribution in [-0.2, 0) is 39.1 Å². The number of hydrogen-bond donors (Lipinski definition) is 3. The van der Waals surface area contributed by atoms with Crippen LogP contribution in [0.4, 0.5) is 5.82 Å². The molecule has 1 aromatic heterocycles. The Kier molecular flexibility index (Phi) is 7.57. The Morgan fingerprint density at radius 2 is 1.84 bits per heavy atom. The van der Waals surface area contributed by atoms with Crippen LogP contribution >= 0.6 is 0 Å². The van der Waals surface area contributed by atoms with Crippen molar-refractivity contribution in [2.24, 2.45) is 5.73 Å². The van der Waals surface area contributed by atoms with Crippen molar-refractivity contribution in [1.29, 1.82) is 0 Å². The summed E-state index contributed by atoms with van der Waals surface area (Å²) in [6.45, 7) is 4.93. The highest BCUT2D eigenvalue weighted by Crippen LogP contribution is 2.40. The zero-order valence-corrected chi connectivity index (χ0v) is 17.6. The van der Waals surface area contributed by atoms with Gasteiger partial charge in [0, 0.05) is 39.9 Å². The maximum absolute atomic E-state index is 12.8. The summed E-state index contributed by atoms with van der Waals surface area (Å²) in [6.07, 6.45) is -3.62. The van der Waals surface area contributed by atoms with Crippen molar-refractivity contribution in [3.63, 3.8) is 0 Å². The van der Waals surface area contributed by atoms with E-state index in [1.54, 1.807) is 0 Å². The van der Waals surface area contributed by atoms with Gasteiger partial charge in [-0.25, -0.2) is 9.36 Å². The molecule has 2 rings (SSSR count). The van der Waals surface area contributed by atoms with E-state index < -0.39 is 53.2 Å². The van der Waals surface area contributed by atoms with Crippen molar-refractivity contribution in [3.05, 3.63) is 26.9 Å². The second-order valence-corrected chi connectivity index (χ2v) is 6.99. The summed E-state index contributed by atoms with van der Waals surface area (Å²) in [5, 5.41) is 2.85. The van der Waals surface area contributed by atoms with Gasteiger partial charge in [0.1, 0.15) is 18.5 Å². The maximum atomic E-state index is 12.8. The van der Waals surface area contributed by atoms with E-state index in [9.17, 15) is 24.0 Å². The fourth-order valence-corrected chi connectivity index (χ4v) is 3.40. The number of carbonyl (C=O) groups excluding carboxylic acids is 3. The number of nitrogens with one attached hydrogen (secondary N) is 2. The van der Waals surface area contributed by atoms with Crippen LogP contribution in [0.5, 0.6) is 0 Å². The third kappa shape index (κ3) is 5.49. The normalized spacial score (nSPS) is 25.0. The number of anilines is 1. The van der Waals surface area contributed by atoms with E-state index in [2.05, 4.69) is 10.3 Å². The first kappa shape index (κ1) is 24.1. The van der Waals surface area contributed by atoms with Crippen LogP contribution in [0.3, 0.4) is 0 Å². The van der Waals surface area contributed by atoms with E-state index in [0.29, 0.717) is 0 Å². The van der Waals surface area contributed by atoms with Gasteiger partial charge in [-0.2, -0.15) is 0 Å². The molecule has 1 aromatic rings. The highest BCUT2D eigenvalue weighted by atomic mass is 16.7. The third-order valence-corrected chi connectivity index (χ3v) is 4.46. The molecule has 172 valence electrons. The van der Waals surface area contributed by atoms with E-state index in [0.717, 1.165) is 24.5 Å². The van der Waals surface area contributed by atoms with Crippen molar-refractivity contribution in [3.8, 4) is 0 Å². The summed E-state index contributed by atoms with van der Waals surface area (Å²) in [5.74, 6) is -2.03. The van der Waals surface area contributed by atoms with Crippen LogP contribution < -0.4 is 22.3 Å². The molecule has 13 heteroatoms. The maximum Gasteiger partial charge on any atom is 0.332 e. The largest absolute Gasteiger partial charge is 0.463 e. The number of H-pyrrole nitrogens is 1. The molecule has 1 aliphatic rings. The minimum atomic E-state index is -1.76. The monoisotopic (exact) mass is 442 g/mol. The van der Waals surface area contributed by atoms with E-state index in [1.807, 2.05) is 0 Å². The number of rotatable bonds is 8. The molecule has 1 aliphatic heterocycles. The van der Waals surface area contributed by atoms with Crippen LogP contribution in [0.15, 0.2) is 15.7 Å². The Labute approximate surface area is 176 Å². The third-order valence-electron chi connectivity index (χ3n) is 4.46. The quantitative estimate of drug-likeness (QED) is 0.312. The van der Waals surface area contributed by atoms with Crippen molar-refractivity contribution in [2.75, 3.05) is 25.0 Å². The zero-order valence-electron chi connectivity index (χ0n) is 17.6. The van der Waals surface area contributed by atoms with Gasteiger partial charge in [-0.05, 0) is 6.92 Å². The topological polar surface area (TPSA) is 181 Å². The number of ether oxygens (including phenoxy) is 4. The summed E-state index contributed by atoms with van der Waals surface area (Å²) < 4.78 is 22.7. The molecule has 0 amide bonds. The second kappa shape index (κ2) is 9.75. The van der Waals surface area contributed by atoms with Gasteiger partial charge in [0.05, 0.1) is 0 Å². The fourth-order valence-electron chi connectivity index (χ4n) is 3.40. The fraction of sp³-hybridized carbons (Fsp3) is 0.611. The molecule has 0 bridgehead atoms. The molecule has 0 saturated carbocycles. The van der Waals surface area contributed by atoms with Crippen LogP contribution in [0.1, 0.15) is 27.7 Å². The number of esters is 3. The van der Waals surface area contributed by atoms with Gasteiger partial charge in [0.15, 0.2) is 17.9 Å². The van der Waals surface area contributed by atoms with Gasteiger partial charge >= 0.3 is 23.6 Å². The minimum Gasteiger partial charge on any atom is -0.463 e. The molecule has 1 fully saturated rings. The van der Waals surface area contributed by atoms with Gasteiger partial charge in [-0.3, -0.25) is 24.2 Å². The summed E-state index contributed by atoms with van der Waals surface area (Å²) in [4.78, 5) is 61.6. The van der Waals surface area contributed by atoms with Gasteiger partial charge in [0.25, 0.3) is 5.56 Å². The van der Waals surface area contributed by atoms with E-state index in [-0.39, 0.29) is 25.5 Å². The molecule has 0 unspecified atom stereocenters. The number of aromatic nitrogens is 2. The average molecular weight is 442 g/mol. The van der Waals surface area contributed by atoms with Gasteiger partial charge in [-0.15, -0.1) is 0 Å². The van der Waals surface area contributed by atoms with Crippen LogP contribution in [0.2, 0.25) is 0 Å². The Morgan fingerprint density at radius 3 is 2.39 bits per heavy atom. The highest BCUT2D eigenvalue weighted by molar-refractivity contribution is 5.68. The molecular weight excluding hydrogens is 416 g/mol. The van der Waals surface area contributed by atoms with Gasteiger partial charge in [0.2, 0.25) is 0 Å². The SMILES string of the molecule is CC(=O)OC[C@H]1O[C@@](C)(n2c(NCCN)cc(=O)[nH]c2=O)[C@H](OC(C)=O)[C@@H]1OC(C)=O. The molecule has 31 heavy (non-hydrogen) atoms. The molecule has 0 aliphatic carbocycles. The standard InChI is InChI=1S/C18H26N4O9/c1-9(23)28-8-12-15(29-10(2)24)16(30-11(3)25)18(4,31-12)22-13(20-6-5-19)7-14(26)21-17(22)27/h7,12,15-16,20H,5-6,8,19H2,1-4H3,(H,21,26,27)/t12-,15-,16-,18-/m1/s1. The molecule has 0 aromatic carbocycles. The van der Waals surface area contributed by atoms with E-state index >= 15 is 0 Å². The van der Waals surface area contributed by atoms with Crippen molar-refractivity contribution < 1.29 is 33.3 Å². The summed E-state index contributed by atoms with van der Waals surface area (Å²) >= 11 is 0. The number of nitrogens with two attached hydrogens (primary N) is 1. The molecule has 0 spiro atoms. The smallest absolute Gasteiger partial charge is 0.332 e. The zero-order chi connectivity index (χ0) is 23.3. The molecule has 4 atom stereocenters. The van der Waals surface area contributed by atoms with E-state index in [1.165, 1.54) is 13.8 Å². The molecular formula is C18H26N4O9. The first-order chi connectivity index (χ1) is 14.5. The van der Waals surface area contributed by atoms with Gasteiger partial charge < -0.3 is 30.0 Å². The van der Waals surface area contributed by atoms with Crippen molar-refractivity contribution in [1.82, 2.24) is 9.55 Å². The predicted molar refractivity (Wildman–Crippen MR) is 105 cm³/mol. The molecule has 1 saturated heterocycles. The van der Waals surface area contributed by atoms with Crippen LogP contribution in [0, 0.1) is 0 Å². The number of aromatic amines is 1. The highest BCUT2D eigenvalue weighted by Gasteiger charge is 2.59. The molecule has 4 N–H and O–H groups in total. The Balaban J connectivity index is 2.65. The summed E-state index contributed by atoms with van der Waals surface area (Å²) in [5.41, 5.74) is 2.20. The summed E-state index contributed by atoms with van der Waals surface area (Å²) in [7, 11) is 0. The Bertz CT molecular complexity index is 956. The van der Waals surface area contributed by atoms with E-state index in [4.69, 9.17) is 24.7 Å². The lowest BCUT2D eigenvalue weighted by Gasteiger charge is -2.34. The average Bonchev–Trinajstić information content (AvgIpc) is 2.89. The molecule has 0 radical (unpaired) electrons. The lowest BCUT2D eigenvalue weighted by Crippen LogP contribution is -2.52. The number of nitrogens with zero attached hydrogens (tertiary/aromatic N) is 1. The minimum absolute atomic E-state index is 0.0357. The first-order valence-corrected chi connectivity index (χ1v) is 9.46. The first-order valence-electron chi connectivity index (χ1n) is 9.46. The molecule has 13 nitrogen and oxygen atoms in total. The molecule has 2 heterocycles. The lowest BCUT2D eigenvalue weighted by molar-refractivity contribution is -0.177. The number of hydrogen-bond acceptors (Lipinski definition) is 11. The van der Waals surface area contributed by atoms with Crippen LogP contribution in [0.25, 0.3) is 0 Å². The van der Waals surface area contributed by atoms with Gasteiger partial charge in [-0.1, -0.05) is 0 Å².